The Morgan fingerprint density at radius 2 is 1.61 bits per heavy atom. The molecular formula is C23H27Cl3N2O3. The molecular weight excluding hydrogens is 459 g/mol. The molecule has 0 fully saturated rings. The number of hydrogen-bond acceptors (Lipinski definition) is 3. The third-order valence-electron chi connectivity index (χ3n) is 4.95. The summed E-state index contributed by atoms with van der Waals surface area (Å²) < 4.78 is 5.63. The summed E-state index contributed by atoms with van der Waals surface area (Å²) in [6.07, 6.45) is 1.21. The van der Waals surface area contributed by atoms with E-state index in [1.165, 1.54) is 4.90 Å². The fraction of sp³-hybridized carbons (Fsp3) is 0.391. The van der Waals surface area contributed by atoms with Crippen LogP contribution in [0.15, 0.2) is 42.5 Å². The molecule has 2 amide bonds. The maximum atomic E-state index is 13.2. The van der Waals surface area contributed by atoms with Gasteiger partial charge < -0.3 is 15.0 Å². The quantitative estimate of drug-likeness (QED) is 0.466. The minimum atomic E-state index is -0.692. The third kappa shape index (κ3) is 7.30. The summed E-state index contributed by atoms with van der Waals surface area (Å²) in [7, 11) is 0. The Bertz CT molecular complexity index is 870. The van der Waals surface area contributed by atoms with Crippen LogP contribution in [0.2, 0.25) is 15.1 Å². The van der Waals surface area contributed by atoms with Gasteiger partial charge in [-0.25, -0.2) is 0 Å². The van der Waals surface area contributed by atoms with E-state index in [1.807, 2.05) is 20.8 Å². The monoisotopic (exact) mass is 484 g/mol. The van der Waals surface area contributed by atoms with Gasteiger partial charge in [-0.3, -0.25) is 9.59 Å². The van der Waals surface area contributed by atoms with Gasteiger partial charge in [-0.15, -0.1) is 0 Å². The second kappa shape index (κ2) is 12.2. The molecule has 0 aliphatic heterocycles. The van der Waals surface area contributed by atoms with Crippen molar-refractivity contribution in [1.82, 2.24) is 10.2 Å². The van der Waals surface area contributed by atoms with E-state index in [9.17, 15) is 9.59 Å². The highest BCUT2D eigenvalue weighted by atomic mass is 35.5. The van der Waals surface area contributed by atoms with Crippen molar-refractivity contribution < 1.29 is 14.3 Å². The Labute approximate surface area is 198 Å². The van der Waals surface area contributed by atoms with E-state index in [4.69, 9.17) is 39.5 Å². The highest BCUT2D eigenvalue weighted by Crippen LogP contribution is 2.27. The highest BCUT2D eigenvalue weighted by molar-refractivity contribution is 6.36. The Morgan fingerprint density at radius 3 is 2.16 bits per heavy atom. The summed E-state index contributed by atoms with van der Waals surface area (Å²) in [5, 5.41) is 4.39. The molecule has 0 saturated heterocycles. The minimum Gasteiger partial charge on any atom is -0.484 e. The van der Waals surface area contributed by atoms with E-state index < -0.39 is 6.04 Å². The third-order valence-corrected chi connectivity index (χ3v) is 5.91. The summed E-state index contributed by atoms with van der Waals surface area (Å²) in [4.78, 5) is 27.6. The van der Waals surface area contributed by atoms with Gasteiger partial charge in [-0.2, -0.15) is 0 Å². The Morgan fingerprint density at radius 1 is 1.00 bits per heavy atom. The molecule has 8 heteroatoms. The summed E-state index contributed by atoms with van der Waals surface area (Å²) in [6, 6.07) is 11.2. The largest absolute Gasteiger partial charge is 0.484 e. The first kappa shape index (κ1) is 25.3. The molecule has 0 unspecified atom stereocenters. The van der Waals surface area contributed by atoms with E-state index in [2.05, 4.69) is 5.32 Å². The molecule has 168 valence electrons. The van der Waals surface area contributed by atoms with Crippen LogP contribution in [0, 0.1) is 0 Å². The van der Waals surface area contributed by atoms with Crippen LogP contribution in [0.4, 0.5) is 0 Å². The van der Waals surface area contributed by atoms with E-state index in [0.29, 0.717) is 32.8 Å². The van der Waals surface area contributed by atoms with Crippen LogP contribution in [0.3, 0.4) is 0 Å². The SMILES string of the molecule is CC[C@H](C)NC(=O)[C@H](CC)N(Cc1c(Cl)cccc1Cl)C(=O)COc1ccc(Cl)cc1. The van der Waals surface area contributed by atoms with Gasteiger partial charge in [0.25, 0.3) is 5.91 Å². The first-order valence-electron chi connectivity index (χ1n) is 10.2. The van der Waals surface area contributed by atoms with E-state index in [-0.39, 0.29) is 31.0 Å². The number of ether oxygens (including phenoxy) is 1. The van der Waals surface area contributed by atoms with Crippen molar-refractivity contribution in [3.63, 3.8) is 0 Å². The smallest absolute Gasteiger partial charge is 0.261 e. The number of hydrogen-bond donors (Lipinski definition) is 1. The number of amides is 2. The molecule has 31 heavy (non-hydrogen) atoms. The van der Waals surface area contributed by atoms with Gasteiger partial charge in [-0.05, 0) is 56.2 Å². The average molecular weight is 486 g/mol. The summed E-state index contributed by atoms with van der Waals surface area (Å²) in [6.45, 7) is 5.61. The van der Waals surface area contributed by atoms with Gasteiger partial charge in [0.1, 0.15) is 11.8 Å². The van der Waals surface area contributed by atoms with Gasteiger partial charge in [-0.1, -0.05) is 54.7 Å². The van der Waals surface area contributed by atoms with Crippen LogP contribution in [-0.4, -0.2) is 35.4 Å². The number of rotatable bonds is 10. The molecule has 0 aliphatic rings. The van der Waals surface area contributed by atoms with Crippen LogP contribution in [0.1, 0.15) is 39.2 Å². The molecule has 0 radical (unpaired) electrons. The van der Waals surface area contributed by atoms with Crippen molar-refractivity contribution in [2.75, 3.05) is 6.61 Å². The lowest BCUT2D eigenvalue weighted by molar-refractivity contribution is -0.143. The first-order chi connectivity index (χ1) is 14.8. The molecule has 2 rings (SSSR count). The summed E-state index contributed by atoms with van der Waals surface area (Å²) >= 11 is 18.6. The van der Waals surface area contributed by atoms with Crippen molar-refractivity contribution in [3.8, 4) is 5.75 Å². The summed E-state index contributed by atoms with van der Waals surface area (Å²) in [5.41, 5.74) is 0.584. The molecule has 2 aromatic carbocycles. The van der Waals surface area contributed by atoms with Crippen LogP contribution in [-0.2, 0) is 16.1 Å². The van der Waals surface area contributed by atoms with E-state index >= 15 is 0 Å². The second-order valence-electron chi connectivity index (χ2n) is 7.21. The van der Waals surface area contributed by atoms with Gasteiger partial charge in [0, 0.05) is 33.2 Å². The number of nitrogens with one attached hydrogen (secondary N) is 1. The number of nitrogens with zero attached hydrogens (tertiary/aromatic N) is 1. The molecule has 2 aromatic rings. The van der Waals surface area contributed by atoms with Crippen molar-refractivity contribution in [3.05, 3.63) is 63.1 Å². The zero-order valence-corrected chi connectivity index (χ0v) is 20.1. The van der Waals surface area contributed by atoms with E-state index in [1.54, 1.807) is 42.5 Å². The number of benzene rings is 2. The van der Waals surface area contributed by atoms with Crippen molar-refractivity contribution in [1.29, 1.82) is 0 Å². The molecule has 0 aliphatic carbocycles. The van der Waals surface area contributed by atoms with Crippen LogP contribution < -0.4 is 10.1 Å². The fourth-order valence-electron chi connectivity index (χ4n) is 2.97. The van der Waals surface area contributed by atoms with Crippen LogP contribution >= 0.6 is 34.8 Å². The zero-order chi connectivity index (χ0) is 23.0. The zero-order valence-electron chi connectivity index (χ0n) is 17.8. The molecule has 5 nitrogen and oxygen atoms in total. The minimum absolute atomic E-state index is 0.00674. The maximum Gasteiger partial charge on any atom is 0.261 e. The molecule has 1 N–H and O–H groups in total. The number of carbonyl (C=O) groups is 2. The predicted octanol–water partition coefficient (Wildman–Crippen LogP) is 5.75. The molecule has 0 saturated carbocycles. The molecule has 0 spiro atoms. The Kier molecular flexibility index (Phi) is 9.94. The van der Waals surface area contributed by atoms with Crippen LogP contribution in [0.25, 0.3) is 0 Å². The van der Waals surface area contributed by atoms with Crippen molar-refractivity contribution in [2.24, 2.45) is 0 Å². The number of halogens is 3. The maximum absolute atomic E-state index is 13.2. The second-order valence-corrected chi connectivity index (χ2v) is 8.46. The molecule has 0 bridgehead atoms. The Balaban J connectivity index is 2.27. The van der Waals surface area contributed by atoms with Gasteiger partial charge in [0.15, 0.2) is 6.61 Å². The molecule has 0 heterocycles. The highest BCUT2D eigenvalue weighted by Gasteiger charge is 2.30. The molecule has 2 atom stereocenters. The normalized spacial score (nSPS) is 12.7. The lowest BCUT2D eigenvalue weighted by Gasteiger charge is -2.31. The predicted molar refractivity (Wildman–Crippen MR) is 126 cm³/mol. The van der Waals surface area contributed by atoms with Gasteiger partial charge in [0.05, 0.1) is 0 Å². The topological polar surface area (TPSA) is 58.6 Å². The van der Waals surface area contributed by atoms with Gasteiger partial charge in [0.2, 0.25) is 5.91 Å². The lowest BCUT2D eigenvalue weighted by Crippen LogP contribution is -2.51. The molecule has 0 aromatic heterocycles. The number of carbonyl (C=O) groups excluding carboxylic acids is 2. The van der Waals surface area contributed by atoms with E-state index in [0.717, 1.165) is 6.42 Å². The average Bonchev–Trinajstić information content (AvgIpc) is 2.74. The van der Waals surface area contributed by atoms with Crippen LogP contribution in [0.5, 0.6) is 5.75 Å². The van der Waals surface area contributed by atoms with Gasteiger partial charge >= 0.3 is 0 Å². The Hall–Kier alpha value is -1.95. The van der Waals surface area contributed by atoms with Crippen molar-refractivity contribution >= 4 is 46.6 Å². The summed E-state index contributed by atoms with van der Waals surface area (Å²) in [5.74, 6) is -0.0671. The lowest BCUT2D eigenvalue weighted by atomic mass is 10.1. The van der Waals surface area contributed by atoms with Crippen molar-refractivity contribution in [2.45, 2.75) is 52.2 Å². The first-order valence-corrected chi connectivity index (χ1v) is 11.3. The fourth-order valence-corrected chi connectivity index (χ4v) is 3.62. The standard InChI is InChI=1S/C23H27Cl3N2O3/c1-4-15(3)27-23(30)21(5-2)28(13-18-19(25)7-6-8-20(18)26)22(29)14-31-17-11-9-16(24)10-12-17/h6-12,15,21H,4-5,13-14H2,1-3H3,(H,27,30)/t15-,21-/m0/s1.